The largest absolute Gasteiger partial charge is 0.497 e. The Labute approximate surface area is 119 Å². The van der Waals surface area contributed by atoms with Crippen molar-refractivity contribution < 1.29 is 14.3 Å². The zero-order chi connectivity index (χ0) is 14.4. The maximum absolute atomic E-state index is 12.0. The molecule has 1 aromatic rings. The summed E-state index contributed by atoms with van der Waals surface area (Å²) in [7, 11) is 1.65. The van der Waals surface area contributed by atoms with Gasteiger partial charge in [-0.05, 0) is 24.6 Å². The minimum atomic E-state index is 0.107. The number of morpholine rings is 1. The van der Waals surface area contributed by atoms with E-state index in [1.165, 1.54) is 0 Å². The van der Waals surface area contributed by atoms with Crippen molar-refractivity contribution in [1.82, 2.24) is 10.2 Å². The summed E-state index contributed by atoms with van der Waals surface area (Å²) >= 11 is 0. The maximum Gasteiger partial charge on any atom is 0.236 e. The van der Waals surface area contributed by atoms with Crippen LogP contribution < -0.4 is 10.1 Å². The first-order valence-electron chi connectivity index (χ1n) is 6.93. The average molecular weight is 278 g/mol. The zero-order valence-electron chi connectivity index (χ0n) is 12.1. The van der Waals surface area contributed by atoms with Crippen molar-refractivity contribution in [3.63, 3.8) is 0 Å². The SMILES string of the molecule is COc1cccc([C@H](C)NCC(=O)N2CCOCC2)c1. The van der Waals surface area contributed by atoms with E-state index in [0.29, 0.717) is 32.8 Å². The number of hydrogen-bond acceptors (Lipinski definition) is 4. The first-order valence-corrected chi connectivity index (χ1v) is 6.93. The van der Waals surface area contributed by atoms with Gasteiger partial charge in [0.2, 0.25) is 5.91 Å². The molecule has 110 valence electrons. The molecule has 1 fully saturated rings. The highest BCUT2D eigenvalue weighted by Gasteiger charge is 2.17. The molecule has 5 nitrogen and oxygen atoms in total. The van der Waals surface area contributed by atoms with Gasteiger partial charge >= 0.3 is 0 Å². The van der Waals surface area contributed by atoms with Gasteiger partial charge in [-0.1, -0.05) is 12.1 Å². The van der Waals surface area contributed by atoms with Gasteiger partial charge in [-0.2, -0.15) is 0 Å². The second-order valence-electron chi connectivity index (χ2n) is 4.87. The van der Waals surface area contributed by atoms with Crippen LogP contribution in [0.1, 0.15) is 18.5 Å². The lowest BCUT2D eigenvalue weighted by molar-refractivity contribution is -0.134. The molecule has 1 aromatic carbocycles. The van der Waals surface area contributed by atoms with Crippen LogP contribution in [0.3, 0.4) is 0 Å². The summed E-state index contributed by atoms with van der Waals surface area (Å²) in [6, 6.07) is 7.98. The Morgan fingerprint density at radius 2 is 2.20 bits per heavy atom. The van der Waals surface area contributed by atoms with E-state index in [1.807, 2.05) is 36.1 Å². The molecule has 1 aliphatic rings. The normalized spacial score (nSPS) is 16.8. The van der Waals surface area contributed by atoms with Gasteiger partial charge in [-0.25, -0.2) is 0 Å². The number of benzene rings is 1. The van der Waals surface area contributed by atoms with E-state index in [-0.39, 0.29) is 11.9 Å². The van der Waals surface area contributed by atoms with E-state index in [0.717, 1.165) is 11.3 Å². The molecular weight excluding hydrogens is 256 g/mol. The molecule has 1 amide bonds. The molecule has 0 unspecified atom stereocenters. The third-order valence-corrected chi connectivity index (χ3v) is 3.52. The third kappa shape index (κ3) is 3.95. The molecule has 1 saturated heterocycles. The highest BCUT2D eigenvalue weighted by Crippen LogP contribution is 2.18. The Balaban J connectivity index is 1.84. The molecule has 1 atom stereocenters. The van der Waals surface area contributed by atoms with Gasteiger partial charge in [-0.15, -0.1) is 0 Å². The minimum absolute atomic E-state index is 0.107. The number of carbonyl (C=O) groups is 1. The van der Waals surface area contributed by atoms with Crippen LogP contribution in [0.5, 0.6) is 5.75 Å². The predicted octanol–water partition coefficient (Wildman–Crippen LogP) is 1.20. The molecule has 0 bridgehead atoms. The highest BCUT2D eigenvalue weighted by molar-refractivity contribution is 5.78. The molecule has 0 spiro atoms. The Hall–Kier alpha value is -1.59. The van der Waals surface area contributed by atoms with Crippen LogP contribution in [0, 0.1) is 0 Å². The van der Waals surface area contributed by atoms with Crippen molar-refractivity contribution in [3.8, 4) is 5.75 Å². The van der Waals surface area contributed by atoms with E-state index in [4.69, 9.17) is 9.47 Å². The minimum Gasteiger partial charge on any atom is -0.497 e. The summed E-state index contributed by atoms with van der Waals surface area (Å²) in [5.41, 5.74) is 1.11. The molecule has 20 heavy (non-hydrogen) atoms. The van der Waals surface area contributed by atoms with Crippen molar-refractivity contribution in [1.29, 1.82) is 0 Å². The lowest BCUT2D eigenvalue weighted by Crippen LogP contribution is -2.45. The molecule has 0 aliphatic carbocycles. The van der Waals surface area contributed by atoms with Crippen molar-refractivity contribution >= 4 is 5.91 Å². The van der Waals surface area contributed by atoms with Gasteiger partial charge in [0, 0.05) is 19.1 Å². The van der Waals surface area contributed by atoms with Crippen LogP contribution in [-0.4, -0.2) is 50.8 Å². The lowest BCUT2D eigenvalue weighted by Gasteiger charge is -2.27. The molecule has 1 aliphatic heterocycles. The van der Waals surface area contributed by atoms with E-state index in [1.54, 1.807) is 7.11 Å². The van der Waals surface area contributed by atoms with E-state index in [9.17, 15) is 4.79 Å². The Bertz CT molecular complexity index is 444. The Morgan fingerprint density at radius 3 is 2.90 bits per heavy atom. The summed E-state index contributed by atoms with van der Waals surface area (Å²) in [5.74, 6) is 0.957. The van der Waals surface area contributed by atoms with Crippen LogP contribution in [0.25, 0.3) is 0 Å². The standard InChI is InChI=1S/C15H22N2O3/c1-12(13-4-3-5-14(10-13)19-2)16-11-15(18)17-6-8-20-9-7-17/h3-5,10,12,16H,6-9,11H2,1-2H3/t12-/m0/s1. The Kier molecular flexibility index (Phi) is 5.38. The summed E-state index contributed by atoms with van der Waals surface area (Å²) in [6.07, 6.45) is 0. The van der Waals surface area contributed by atoms with E-state index in [2.05, 4.69) is 5.32 Å². The number of methoxy groups -OCH3 is 1. The molecule has 5 heteroatoms. The molecule has 1 N–H and O–H groups in total. The quantitative estimate of drug-likeness (QED) is 0.879. The van der Waals surface area contributed by atoms with Gasteiger partial charge in [-0.3, -0.25) is 4.79 Å². The van der Waals surface area contributed by atoms with Crippen molar-refractivity contribution in [2.75, 3.05) is 40.0 Å². The fourth-order valence-electron chi connectivity index (χ4n) is 2.19. The highest BCUT2D eigenvalue weighted by atomic mass is 16.5. The summed E-state index contributed by atoms with van der Waals surface area (Å²) in [5, 5.41) is 3.26. The number of carbonyl (C=O) groups excluding carboxylic acids is 1. The van der Waals surface area contributed by atoms with Crippen LogP contribution in [0.15, 0.2) is 24.3 Å². The first kappa shape index (κ1) is 14.8. The van der Waals surface area contributed by atoms with Crippen molar-refractivity contribution in [3.05, 3.63) is 29.8 Å². The first-order chi connectivity index (χ1) is 9.70. The molecule has 0 saturated carbocycles. The monoisotopic (exact) mass is 278 g/mol. The number of rotatable bonds is 5. The van der Waals surface area contributed by atoms with Gasteiger partial charge in [0.15, 0.2) is 0 Å². The molecule has 0 aromatic heterocycles. The van der Waals surface area contributed by atoms with Crippen LogP contribution in [0.4, 0.5) is 0 Å². The molecule has 0 radical (unpaired) electrons. The fourth-order valence-corrected chi connectivity index (χ4v) is 2.19. The smallest absolute Gasteiger partial charge is 0.236 e. The van der Waals surface area contributed by atoms with Crippen LogP contribution in [-0.2, 0) is 9.53 Å². The topological polar surface area (TPSA) is 50.8 Å². The van der Waals surface area contributed by atoms with Gasteiger partial charge < -0.3 is 19.7 Å². The second kappa shape index (κ2) is 7.26. The zero-order valence-corrected chi connectivity index (χ0v) is 12.1. The maximum atomic E-state index is 12.0. The van der Waals surface area contributed by atoms with E-state index >= 15 is 0 Å². The molecule has 1 heterocycles. The average Bonchev–Trinajstić information content (AvgIpc) is 2.53. The van der Waals surface area contributed by atoms with Crippen LogP contribution in [0.2, 0.25) is 0 Å². The Morgan fingerprint density at radius 1 is 1.45 bits per heavy atom. The summed E-state index contributed by atoms with van der Waals surface area (Å²) in [4.78, 5) is 13.9. The second-order valence-corrected chi connectivity index (χ2v) is 4.87. The molecule has 2 rings (SSSR count). The van der Waals surface area contributed by atoms with Gasteiger partial charge in [0.05, 0.1) is 26.9 Å². The number of nitrogens with zero attached hydrogens (tertiary/aromatic N) is 1. The fraction of sp³-hybridized carbons (Fsp3) is 0.533. The van der Waals surface area contributed by atoms with Gasteiger partial charge in [0.25, 0.3) is 0 Å². The van der Waals surface area contributed by atoms with Crippen molar-refractivity contribution in [2.45, 2.75) is 13.0 Å². The predicted molar refractivity (Wildman–Crippen MR) is 76.8 cm³/mol. The number of amides is 1. The number of ether oxygens (including phenoxy) is 2. The third-order valence-electron chi connectivity index (χ3n) is 3.52. The summed E-state index contributed by atoms with van der Waals surface area (Å²) in [6.45, 7) is 5.04. The number of nitrogens with one attached hydrogen (secondary N) is 1. The summed E-state index contributed by atoms with van der Waals surface area (Å²) < 4.78 is 10.5. The lowest BCUT2D eigenvalue weighted by atomic mass is 10.1. The van der Waals surface area contributed by atoms with E-state index < -0.39 is 0 Å². The van der Waals surface area contributed by atoms with Gasteiger partial charge in [0.1, 0.15) is 5.75 Å². The number of hydrogen-bond donors (Lipinski definition) is 1. The van der Waals surface area contributed by atoms with Crippen LogP contribution >= 0.6 is 0 Å². The molecular formula is C15H22N2O3. The van der Waals surface area contributed by atoms with Crippen molar-refractivity contribution in [2.24, 2.45) is 0 Å².